The molecule has 0 unspecified atom stereocenters. The Balaban J connectivity index is 2.08. The van der Waals surface area contributed by atoms with E-state index in [1.807, 2.05) is 12.1 Å². The summed E-state index contributed by atoms with van der Waals surface area (Å²) in [6, 6.07) is 6.36. The molecule has 0 amide bonds. The minimum atomic E-state index is -0.622. The molecule has 2 heterocycles. The molecule has 3 rings (SSSR count). The number of nitrogens with zero attached hydrogens (tertiary/aromatic N) is 2. The minimum absolute atomic E-state index is 0.432. The highest BCUT2D eigenvalue weighted by Gasteiger charge is 2.23. The van der Waals surface area contributed by atoms with E-state index in [1.165, 1.54) is 0 Å². The van der Waals surface area contributed by atoms with Crippen molar-refractivity contribution >= 4 is 27.5 Å². The van der Waals surface area contributed by atoms with Gasteiger partial charge in [-0.15, -0.1) is 0 Å². The van der Waals surface area contributed by atoms with Crippen LogP contribution in [0.15, 0.2) is 18.2 Å². The van der Waals surface area contributed by atoms with Crippen LogP contribution < -0.4 is 5.73 Å². The Labute approximate surface area is 115 Å². The van der Waals surface area contributed by atoms with Crippen molar-refractivity contribution in [3.8, 4) is 0 Å². The van der Waals surface area contributed by atoms with Crippen LogP contribution in [0.1, 0.15) is 31.6 Å². The van der Waals surface area contributed by atoms with Gasteiger partial charge in [0.1, 0.15) is 5.82 Å². The summed E-state index contributed by atoms with van der Waals surface area (Å²) >= 11 is 0. The van der Waals surface area contributed by atoms with Crippen LogP contribution in [0.25, 0.3) is 11.0 Å². The molecule has 0 atom stereocenters. The molecule has 1 aromatic carbocycles. The summed E-state index contributed by atoms with van der Waals surface area (Å²) in [5, 5.41) is 0. The van der Waals surface area contributed by atoms with Gasteiger partial charge < -0.3 is 10.3 Å². The topological polar surface area (TPSA) is 60.9 Å². The summed E-state index contributed by atoms with van der Waals surface area (Å²) in [6.07, 6.45) is 2.87. The summed E-state index contributed by atoms with van der Waals surface area (Å²) in [7, 11) is -0.622. The molecule has 0 saturated carbocycles. The lowest BCUT2D eigenvalue weighted by molar-refractivity contribution is 0.459. The molecular weight excluding hydrogens is 258 g/mol. The van der Waals surface area contributed by atoms with Crippen LogP contribution in [-0.4, -0.2) is 25.3 Å². The molecule has 102 valence electrons. The van der Waals surface area contributed by atoms with Gasteiger partial charge in [0.05, 0.1) is 11.0 Å². The van der Waals surface area contributed by atoms with E-state index in [1.54, 1.807) is 0 Å². The highest BCUT2D eigenvalue weighted by atomic mass is 32.2. The summed E-state index contributed by atoms with van der Waals surface area (Å²) < 4.78 is 13.8. The first-order chi connectivity index (χ1) is 9.19. The smallest absolute Gasteiger partial charge is 0.109 e. The Hall–Kier alpha value is -1.36. The maximum Gasteiger partial charge on any atom is 0.109 e. The highest BCUT2D eigenvalue weighted by Crippen LogP contribution is 2.29. The normalized spacial score (nSPS) is 23.8. The number of rotatable bonds is 2. The molecule has 19 heavy (non-hydrogen) atoms. The molecule has 0 aliphatic carbocycles. The predicted molar refractivity (Wildman–Crippen MR) is 79.7 cm³/mol. The van der Waals surface area contributed by atoms with E-state index < -0.39 is 10.8 Å². The number of hydrogen-bond acceptors (Lipinski definition) is 3. The van der Waals surface area contributed by atoms with Gasteiger partial charge in [-0.05, 0) is 31.0 Å². The van der Waals surface area contributed by atoms with E-state index >= 15 is 0 Å². The van der Waals surface area contributed by atoms with Gasteiger partial charge in [0.2, 0.25) is 0 Å². The summed E-state index contributed by atoms with van der Waals surface area (Å²) in [5.41, 5.74) is 8.72. The van der Waals surface area contributed by atoms with Crippen molar-refractivity contribution in [1.82, 2.24) is 9.55 Å². The van der Waals surface area contributed by atoms with Crippen LogP contribution in [0.3, 0.4) is 0 Å². The predicted octanol–water partition coefficient (Wildman–Crippen LogP) is 2.26. The molecule has 1 aromatic heterocycles. The summed E-state index contributed by atoms with van der Waals surface area (Å²) in [6.45, 7) is 2.13. The second-order valence-corrected chi connectivity index (χ2v) is 6.78. The molecule has 1 fully saturated rings. The van der Waals surface area contributed by atoms with Crippen LogP contribution in [0, 0.1) is 0 Å². The molecule has 4 nitrogen and oxygen atoms in total. The van der Waals surface area contributed by atoms with Crippen LogP contribution in [-0.2, 0) is 17.2 Å². The Morgan fingerprint density at radius 3 is 2.84 bits per heavy atom. The van der Waals surface area contributed by atoms with Crippen molar-refractivity contribution in [2.24, 2.45) is 0 Å². The number of anilines is 1. The highest BCUT2D eigenvalue weighted by molar-refractivity contribution is 7.85. The molecule has 1 aliphatic rings. The van der Waals surface area contributed by atoms with Gasteiger partial charge in [0.25, 0.3) is 0 Å². The Morgan fingerprint density at radius 2 is 2.16 bits per heavy atom. The molecule has 1 aliphatic heterocycles. The first-order valence-electron chi connectivity index (χ1n) is 6.80. The number of aromatic nitrogens is 2. The third kappa shape index (κ3) is 2.27. The fourth-order valence-corrected chi connectivity index (χ4v) is 4.14. The van der Waals surface area contributed by atoms with E-state index in [0.717, 1.165) is 53.3 Å². The molecule has 5 heteroatoms. The van der Waals surface area contributed by atoms with Crippen LogP contribution >= 0.6 is 0 Å². The first-order valence-corrected chi connectivity index (χ1v) is 8.29. The third-order valence-corrected chi connectivity index (χ3v) is 5.21. The zero-order chi connectivity index (χ0) is 13.4. The van der Waals surface area contributed by atoms with E-state index in [9.17, 15) is 4.21 Å². The monoisotopic (exact) mass is 277 g/mol. The fourth-order valence-electron chi connectivity index (χ4n) is 2.86. The lowest BCUT2D eigenvalue weighted by Gasteiger charge is -2.25. The molecule has 2 aromatic rings. The van der Waals surface area contributed by atoms with Gasteiger partial charge in [-0.3, -0.25) is 4.21 Å². The SMILES string of the molecule is CCc1nc2cc(N)ccc2n1C1CCS(=O)CC1. The van der Waals surface area contributed by atoms with Crippen molar-refractivity contribution in [3.63, 3.8) is 0 Å². The number of benzene rings is 1. The van der Waals surface area contributed by atoms with Crippen LogP contribution in [0.2, 0.25) is 0 Å². The van der Waals surface area contributed by atoms with Crippen molar-refractivity contribution < 1.29 is 4.21 Å². The van der Waals surface area contributed by atoms with Crippen molar-refractivity contribution in [1.29, 1.82) is 0 Å². The lowest BCUT2D eigenvalue weighted by atomic mass is 10.1. The van der Waals surface area contributed by atoms with Crippen LogP contribution in [0.4, 0.5) is 5.69 Å². The van der Waals surface area contributed by atoms with Gasteiger partial charge in [0, 0.05) is 40.5 Å². The molecule has 2 N–H and O–H groups in total. The average Bonchev–Trinajstić information content (AvgIpc) is 2.77. The molecule has 1 saturated heterocycles. The number of nitrogens with two attached hydrogens (primary N) is 1. The van der Waals surface area contributed by atoms with Gasteiger partial charge in [0.15, 0.2) is 0 Å². The summed E-state index contributed by atoms with van der Waals surface area (Å²) in [5.74, 6) is 2.73. The van der Waals surface area contributed by atoms with Crippen molar-refractivity contribution in [3.05, 3.63) is 24.0 Å². The number of nitrogen functional groups attached to an aromatic ring is 1. The van der Waals surface area contributed by atoms with Crippen molar-refractivity contribution in [2.45, 2.75) is 32.2 Å². The zero-order valence-corrected chi connectivity index (χ0v) is 11.9. The fraction of sp³-hybridized carbons (Fsp3) is 0.500. The average molecular weight is 277 g/mol. The van der Waals surface area contributed by atoms with E-state index in [0.29, 0.717) is 6.04 Å². The Bertz CT molecular complexity index is 625. The number of imidazole rings is 1. The Morgan fingerprint density at radius 1 is 1.42 bits per heavy atom. The number of hydrogen-bond donors (Lipinski definition) is 1. The second kappa shape index (κ2) is 4.96. The quantitative estimate of drug-likeness (QED) is 0.857. The maximum atomic E-state index is 11.5. The zero-order valence-electron chi connectivity index (χ0n) is 11.1. The van der Waals surface area contributed by atoms with Gasteiger partial charge in [-0.25, -0.2) is 4.98 Å². The molecular formula is C14H19N3OS. The molecule has 0 radical (unpaired) electrons. The summed E-state index contributed by atoms with van der Waals surface area (Å²) in [4.78, 5) is 4.69. The minimum Gasteiger partial charge on any atom is -0.399 e. The van der Waals surface area contributed by atoms with Gasteiger partial charge >= 0.3 is 0 Å². The van der Waals surface area contributed by atoms with E-state index in [-0.39, 0.29) is 0 Å². The lowest BCUT2D eigenvalue weighted by Crippen LogP contribution is -2.22. The first kappa shape index (κ1) is 12.7. The number of aryl methyl sites for hydroxylation is 1. The second-order valence-electron chi connectivity index (χ2n) is 5.08. The Kier molecular flexibility index (Phi) is 3.31. The van der Waals surface area contributed by atoms with Gasteiger partial charge in [-0.1, -0.05) is 6.92 Å². The molecule has 0 bridgehead atoms. The van der Waals surface area contributed by atoms with Gasteiger partial charge in [-0.2, -0.15) is 0 Å². The third-order valence-electron chi connectivity index (χ3n) is 3.83. The van der Waals surface area contributed by atoms with E-state index in [2.05, 4.69) is 17.6 Å². The van der Waals surface area contributed by atoms with E-state index in [4.69, 9.17) is 10.7 Å². The maximum absolute atomic E-state index is 11.5. The van der Waals surface area contributed by atoms with Crippen LogP contribution in [0.5, 0.6) is 0 Å². The standard InChI is InChI=1S/C14H19N3OS/c1-2-14-16-12-9-10(15)3-4-13(12)17(14)11-5-7-19(18)8-6-11/h3-4,9,11H,2,5-8,15H2,1H3. The van der Waals surface area contributed by atoms with Crippen molar-refractivity contribution in [2.75, 3.05) is 17.2 Å². The number of fused-ring (bicyclic) bond motifs is 1. The molecule has 0 spiro atoms. The largest absolute Gasteiger partial charge is 0.399 e.